The predicted molar refractivity (Wildman–Crippen MR) is 86.7 cm³/mol. The zero-order valence-corrected chi connectivity index (χ0v) is 14.1. The molecule has 2 atom stereocenters. The van der Waals surface area contributed by atoms with Crippen LogP contribution in [0.3, 0.4) is 0 Å². The number of rotatable bonds is 8. The first-order valence-electron chi connectivity index (χ1n) is 6.66. The second-order valence-corrected chi connectivity index (χ2v) is 7.67. The first-order valence-corrected chi connectivity index (χ1v) is 9.54. The molecule has 114 valence electrons. The summed E-state index contributed by atoms with van der Waals surface area (Å²) < 4.78 is 27.0. The second kappa shape index (κ2) is 8.02. The Balaban J connectivity index is 2.73. The van der Waals surface area contributed by atoms with E-state index in [1.165, 1.54) is 0 Å². The summed E-state index contributed by atoms with van der Waals surface area (Å²) in [5, 5.41) is 3.13. The zero-order chi connectivity index (χ0) is 15.2. The van der Waals surface area contributed by atoms with Gasteiger partial charge in [-0.05, 0) is 49.6 Å². The lowest BCUT2D eigenvalue weighted by atomic mass is 10.1. The molecule has 0 aliphatic carbocycles. The van der Waals surface area contributed by atoms with Crippen molar-refractivity contribution in [1.29, 1.82) is 0 Å². The van der Waals surface area contributed by atoms with Crippen molar-refractivity contribution in [3.05, 3.63) is 29.8 Å². The van der Waals surface area contributed by atoms with Crippen LogP contribution in [0.15, 0.2) is 29.2 Å². The van der Waals surface area contributed by atoms with Crippen molar-refractivity contribution < 1.29 is 8.42 Å². The van der Waals surface area contributed by atoms with Gasteiger partial charge in [-0.2, -0.15) is 11.8 Å². The molecule has 6 heteroatoms. The Hall–Kier alpha value is -0.560. The zero-order valence-electron chi connectivity index (χ0n) is 12.5. The fraction of sp³-hybridized carbons (Fsp3) is 0.571. The Kier molecular flexibility index (Phi) is 7.02. The third kappa shape index (κ3) is 5.09. The second-order valence-electron chi connectivity index (χ2n) is 4.99. The average molecular weight is 316 g/mol. The van der Waals surface area contributed by atoms with Gasteiger partial charge in [0.25, 0.3) is 0 Å². The molecule has 0 amide bonds. The van der Waals surface area contributed by atoms with Crippen LogP contribution in [0, 0.1) is 5.92 Å². The predicted octanol–water partition coefficient (Wildman–Crippen LogP) is 2.24. The number of hydrogen-bond acceptors (Lipinski definition) is 4. The summed E-state index contributed by atoms with van der Waals surface area (Å²) in [5.41, 5.74) is 1.07. The molecule has 0 saturated carbocycles. The molecule has 2 unspecified atom stereocenters. The highest BCUT2D eigenvalue weighted by Crippen LogP contribution is 2.16. The molecule has 2 N–H and O–H groups in total. The van der Waals surface area contributed by atoms with Crippen molar-refractivity contribution in [2.45, 2.75) is 24.8 Å². The van der Waals surface area contributed by atoms with Crippen molar-refractivity contribution in [1.82, 2.24) is 10.0 Å². The van der Waals surface area contributed by atoms with Gasteiger partial charge >= 0.3 is 0 Å². The third-order valence-corrected chi connectivity index (χ3v) is 5.54. The van der Waals surface area contributed by atoms with Crippen molar-refractivity contribution in [3.63, 3.8) is 0 Å². The van der Waals surface area contributed by atoms with Gasteiger partial charge in [0.1, 0.15) is 0 Å². The summed E-state index contributed by atoms with van der Waals surface area (Å²) in [7, 11) is -1.52. The molecule has 20 heavy (non-hydrogen) atoms. The molecule has 0 radical (unpaired) electrons. The Morgan fingerprint density at radius 3 is 2.30 bits per heavy atom. The molecule has 1 aromatic carbocycles. The van der Waals surface area contributed by atoms with Crippen molar-refractivity contribution in [2.75, 3.05) is 25.6 Å². The maximum absolute atomic E-state index is 12.2. The van der Waals surface area contributed by atoms with E-state index in [9.17, 15) is 8.42 Å². The lowest BCUT2D eigenvalue weighted by Gasteiger charge is -2.13. The fourth-order valence-electron chi connectivity index (χ4n) is 1.78. The first-order chi connectivity index (χ1) is 9.40. The summed E-state index contributed by atoms with van der Waals surface area (Å²) in [6, 6.07) is 7.22. The van der Waals surface area contributed by atoms with E-state index >= 15 is 0 Å². The number of sulfonamides is 1. The summed E-state index contributed by atoms with van der Waals surface area (Å²) in [6.07, 6.45) is 2.02. The summed E-state index contributed by atoms with van der Waals surface area (Å²) >= 11 is 1.72. The molecule has 0 bridgehead atoms. The first kappa shape index (κ1) is 17.5. The highest BCUT2D eigenvalue weighted by Gasteiger charge is 2.15. The molecule has 0 saturated heterocycles. The Morgan fingerprint density at radius 2 is 1.80 bits per heavy atom. The van der Waals surface area contributed by atoms with E-state index in [1.54, 1.807) is 23.9 Å². The van der Waals surface area contributed by atoms with Gasteiger partial charge in [-0.25, -0.2) is 13.1 Å². The van der Waals surface area contributed by atoms with Crippen molar-refractivity contribution in [2.24, 2.45) is 5.92 Å². The maximum atomic E-state index is 12.2. The number of hydrogen-bond donors (Lipinski definition) is 2. The van der Waals surface area contributed by atoms with Crippen LogP contribution in [-0.4, -0.2) is 34.0 Å². The number of nitrogens with one attached hydrogen (secondary N) is 2. The molecular formula is C14H24N2O2S2. The smallest absolute Gasteiger partial charge is 0.240 e. The molecular weight excluding hydrogens is 292 g/mol. The van der Waals surface area contributed by atoms with E-state index < -0.39 is 10.0 Å². The van der Waals surface area contributed by atoms with E-state index in [-0.39, 0.29) is 6.04 Å². The Labute approximate surface area is 126 Å². The van der Waals surface area contributed by atoms with E-state index in [1.807, 2.05) is 39.3 Å². The third-order valence-electron chi connectivity index (χ3n) is 3.20. The van der Waals surface area contributed by atoms with Gasteiger partial charge in [-0.15, -0.1) is 0 Å². The summed E-state index contributed by atoms with van der Waals surface area (Å²) in [6.45, 7) is 4.54. The highest BCUT2D eigenvalue weighted by molar-refractivity contribution is 7.98. The van der Waals surface area contributed by atoms with Crippen LogP contribution in [-0.2, 0) is 10.0 Å². The molecule has 1 aromatic rings. The van der Waals surface area contributed by atoms with Gasteiger partial charge in [0, 0.05) is 12.6 Å². The molecule has 0 aliphatic heterocycles. The van der Waals surface area contributed by atoms with Gasteiger partial charge in [-0.1, -0.05) is 19.1 Å². The van der Waals surface area contributed by atoms with E-state index in [2.05, 4.69) is 10.0 Å². The maximum Gasteiger partial charge on any atom is 0.240 e. The summed E-state index contributed by atoms with van der Waals surface area (Å²) in [5.74, 6) is 1.27. The lowest BCUT2D eigenvalue weighted by molar-refractivity contribution is 0.562. The van der Waals surface area contributed by atoms with Crippen LogP contribution in [0.5, 0.6) is 0 Å². The minimum atomic E-state index is -3.40. The van der Waals surface area contributed by atoms with Gasteiger partial charge in [0.05, 0.1) is 4.90 Å². The fourth-order valence-corrected chi connectivity index (χ4v) is 3.63. The minimum absolute atomic E-state index is 0.210. The quantitative estimate of drug-likeness (QED) is 0.772. The monoisotopic (exact) mass is 316 g/mol. The molecule has 0 aliphatic rings. The van der Waals surface area contributed by atoms with Crippen molar-refractivity contribution in [3.8, 4) is 0 Å². The number of thioether (sulfide) groups is 1. The van der Waals surface area contributed by atoms with Crippen LogP contribution in [0.1, 0.15) is 25.5 Å². The summed E-state index contributed by atoms with van der Waals surface area (Å²) in [4.78, 5) is 0.320. The van der Waals surface area contributed by atoms with Gasteiger partial charge in [0.15, 0.2) is 0 Å². The molecule has 0 aromatic heterocycles. The van der Waals surface area contributed by atoms with Gasteiger partial charge < -0.3 is 5.32 Å². The average Bonchev–Trinajstić information content (AvgIpc) is 2.45. The Bertz CT molecular complexity index is 500. The highest BCUT2D eigenvalue weighted by atomic mass is 32.2. The number of benzene rings is 1. The topological polar surface area (TPSA) is 58.2 Å². The van der Waals surface area contributed by atoms with Crippen LogP contribution in [0.4, 0.5) is 0 Å². The molecule has 0 spiro atoms. The normalized spacial score (nSPS) is 15.0. The van der Waals surface area contributed by atoms with Crippen LogP contribution < -0.4 is 10.0 Å². The van der Waals surface area contributed by atoms with Gasteiger partial charge in [-0.3, -0.25) is 0 Å². The molecule has 1 rings (SSSR count). The molecule has 0 fully saturated rings. The van der Waals surface area contributed by atoms with Crippen LogP contribution in [0.2, 0.25) is 0 Å². The Morgan fingerprint density at radius 1 is 1.20 bits per heavy atom. The standard InChI is InChI=1S/C14H24N2O2S2/c1-11(10-19-4)9-16-20(17,18)14-7-5-13(6-8-14)12(2)15-3/h5-8,11-12,15-16H,9-10H2,1-4H3. The lowest BCUT2D eigenvalue weighted by Crippen LogP contribution is -2.29. The van der Waals surface area contributed by atoms with Gasteiger partial charge in [0.2, 0.25) is 10.0 Å². The van der Waals surface area contributed by atoms with E-state index in [4.69, 9.17) is 0 Å². The molecule has 0 heterocycles. The largest absolute Gasteiger partial charge is 0.313 e. The SMILES string of the molecule is CNC(C)c1ccc(S(=O)(=O)NCC(C)CSC)cc1. The van der Waals surface area contributed by atoms with E-state index in [0.717, 1.165) is 11.3 Å². The van der Waals surface area contributed by atoms with E-state index in [0.29, 0.717) is 17.4 Å². The van der Waals surface area contributed by atoms with Crippen LogP contribution >= 0.6 is 11.8 Å². The molecule has 4 nitrogen and oxygen atoms in total. The van der Waals surface area contributed by atoms with Crippen LogP contribution in [0.25, 0.3) is 0 Å². The van der Waals surface area contributed by atoms with Crippen molar-refractivity contribution >= 4 is 21.8 Å². The minimum Gasteiger partial charge on any atom is -0.313 e.